The number of hydrogen-bond donors (Lipinski definition) is 2. The molecular formula is C16H27ClN4O. The molecule has 1 unspecified atom stereocenters. The highest BCUT2D eigenvalue weighted by molar-refractivity contribution is 5.95. The molecule has 0 saturated heterocycles. The van der Waals surface area contributed by atoms with E-state index in [-0.39, 0.29) is 24.4 Å². The topological polar surface area (TPSA) is 80.9 Å². The summed E-state index contributed by atoms with van der Waals surface area (Å²) in [6.45, 7) is 4.33. The minimum absolute atomic E-state index is 0. The van der Waals surface area contributed by atoms with E-state index in [1.165, 1.54) is 19.3 Å². The van der Waals surface area contributed by atoms with Crippen LogP contribution in [0.3, 0.4) is 0 Å². The van der Waals surface area contributed by atoms with Gasteiger partial charge in [-0.15, -0.1) is 12.4 Å². The number of halogens is 1. The Balaban J connectivity index is 0.00000242. The van der Waals surface area contributed by atoms with Gasteiger partial charge in [0.1, 0.15) is 0 Å². The van der Waals surface area contributed by atoms with Crippen molar-refractivity contribution in [1.82, 2.24) is 15.5 Å². The van der Waals surface area contributed by atoms with E-state index < -0.39 is 0 Å². The lowest BCUT2D eigenvalue weighted by Gasteiger charge is -2.30. The Labute approximate surface area is 138 Å². The molecule has 3 N–H and O–H groups in total. The molecule has 1 heterocycles. The van der Waals surface area contributed by atoms with E-state index in [9.17, 15) is 4.79 Å². The van der Waals surface area contributed by atoms with Crippen LogP contribution in [0.5, 0.6) is 0 Å². The van der Waals surface area contributed by atoms with Crippen LogP contribution in [0, 0.1) is 12.8 Å². The van der Waals surface area contributed by atoms with Gasteiger partial charge in [-0.1, -0.05) is 26.2 Å². The maximum Gasteiger partial charge on any atom is 0.253 e. The number of carbonyl (C=O) groups excluding carboxylic acids is 1. The van der Waals surface area contributed by atoms with E-state index in [0.717, 1.165) is 24.2 Å². The summed E-state index contributed by atoms with van der Waals surface area (Å²) in [6, 6.07) is 1.88. The highest BCUT2D eigenvalue weighted by atomic mass is 35.5. The molecule has 1 saturated carbocycles. The molecule has 0 aliphatic heterocycles. The molecule has 1 aliphatic carbocycles. The standard InChI is InChI=1S/C16H26N4O.ClH/c1-3-14-13(9-11(2)19-20-14)16(21)18-15(10-17)12-7-5-4-6-8-12;/h9,12,15H,3-8,10,17H2,1-2H3,(H,18,21);1H. The lowest BCUT2D eigenvalue weighted by Crippen LogP contribution is -2.46. The second kappa shape index (κ2) is 9.06. The largest absolute Gasteiger partial charge is 0.348 e. The molecule has 0 radical (unpaired) electrons. The number of nitrogens with two attached hydrogens (primary N) is 1. The number of nitrogens with zero attached hydrogens (tertiary/aromatic N) is 2. The summed E-state index contributed by atoms with van der Waals surface area (Å²) in [6.07, 6.45) is 6.81. The summed E-state index contributed by atoms with van der Waals surface area (Å²) >= 11 is 0. The minimum Gasteiger partial charge on any atom is -0.348 e. The van der Waals surface area contributed by atoms with Crippen molar-refractivity contribution in [2.45, 2.75) is 58.4 Å². The van der Waals surface area contributed by atoms with Crippen LogP contribution in [0.1, 0.15) is 60.8 Å². The Morgan fingerprint density at radius 3 is 2.64 bits per heavy atom. The Hall–Kier alpha value is -1.20. The average Bonchev–Trinajstić information content (AvgIpc) is 2.53. The molecule has 1 atom stereocenters. The van der Waals surface area contributed by atoms with Gasteiger partial charge in [0.05, 0.1) is 17.0 Å². The fourth-order valence-electron chi connectivity index (χ4n) is 3.12. The average molecular weight is 327 g/mol. The highest BCUT2D eigenvalue weighted by Gasteiger charge is 2.25. The van der Waals surface area contributed by atoms with Crippen molar-refractivity contribution in [3.05, 3.63) is 23.0 Å². The maximum absolute atomic E-state index is 12.6. The van der Waals surface area contributed by atoms with Crippen LogP contribution >= 0.6 is 12.4 Å². The molecule has 1 fully saturated rings. The molecular weight excluding hydrogens is 300 g/mol. The summed E-state index contributed by atoms with van der Waals surface area (Å²) in [7, 11) is 0. The van der Waals surface area contributed by atoms with Crippen LogP contribution in [0.25, 0.3) is 0 Å². The van der Waals surface area contributed by atoms with Gasteiger partial charge in [-0.2, -0.15) is 10.2 Å². The quantitative estimate of drug-likeness (QED) is 0.870. The van der Waals surface area contributed by atoms with Crippen LogP contribution in [0.15, 0.2) is 6.07 Å². The Bertz CT molecular complexity index is 489. The first-order chi connectivity index (χ1) is 10.2. The molecule has 124 valence electrons. The third-order valence-electron chi connectivity index (χ3n) is 4.36. The van der Waals surface area contributed by atoms with Gasteiger partial charge in [0, 0.05) is 12.6 Å². The molecule has 6 heteroatoms. The normalized spacial score (nSPS) is 16.7. The SMILES string of the molecule is CCc1nnc(C)cc1C(=O)NC(CN)C1CCCCC1.Cl. The van der Waals surface area contributed by atoms with Gasteiger partial charge in [-0.25, -0.2) is 0 Å². The van der Waals surface area contributed by atoms with E-state index >= 15 is 0 Å². The maximum atomic E-state index is 12.6. The van der Waals surface area contributed by atoms with E-state index in [1.54, 1.807) is 0 Å². The first-order valence-corrected chi connectivity index (χ1v) is 7.99. The second-order valence-electron chi connectivity index (χ2n) is 5.91. The highest BCUT2D eigenvalue weighted by Crippen LogP contribution is 2.26. The molecule has 1 aliphatic rings. The number of aromatic nitrogens is 2. The van der Waals surface area contributed by atoms with Crippen molar-refractivity contribution in [3.8, 4) is 0 Å². The minimum atomic E-state index is -0.0640. The van der Waals surface area contributed by atoms with E-state index in [2.05, 4.69) is 15.5 Å². The summed E-state index contributed by atoms with van der Waals surface area (Å²) in [5.41, 5.74) is 8.04. The molecule has 2 rings (SSSR count). The molecule has 5 nitrogen and oxygen atoms in total. The first kappa shape index (κ1) is 18.8. The summed E-state index contributed by atoms with van der Waals surface area (Å²) in [4.78, 5) is 12.6. The predicted molar refractivity (Wildman–Crippen MR) is 90.3 cm³/mol. The number of carbonyl (C=O) groups is 1. The van der Waals surface area contributed by atoms with Crippen LogP contribution < -0.4 is 11.1 Å². The third-order valence-corrected chi connectivity index (χ3v) is 4.36. The van der Waals surface area contributed by atoms with Crippen LogP contribution in [-0.2, 0) is 6.42 Å². The zero-order valence-electron chi connectivity index (χ0n) is 13.5. The lowest BCUT2D eigenvalue weighted by atomic mass is 9.84. The van der Waals surface area contributed by atoms with Crippen LogP contribution in [0.2, 0.25) is 0 Å². The number of hydrogen-bond acceptors (Lipinski definition) is 4. The summed E-state index contributed by atoms with van der Waals surface area (Å²) in [5.74, 6) is 0.444. The van der Waals surface area contributed by atoms with Gasteiger partial charge < -0.3 is 11.1 Å². The molecule has 0 aromatic carbocycles. The van der Waals surface area contributed by atoms with E-state index in [1.807, 2.05) is 19.9 Å². The summed E-state index contributed by atoms with van der Waals surface area (Å²) in [5, 5.41) is 11.3. The summed E-state index contributed by atoms with van der Waals surface area (Å²) < 4.78 is 0. The molecule has 1 amide bonds. The molecule has 1 aromatic rings. The van der Waals surface area contributed by atoms with Crippen molar-refractivity contribution < 1.29 is 4.79 Å². The predicted octanol–water partition coefficient (Wildman–Crippen LogP) is 2.41. The first-order valence-electron chi connectivity index (χ1n) is 7.99. The fraction of sp³-hybridized carbons (Fsp3) is 0.688. The van der Waals surface area contributed by atoms with Crippen LogP contribution in [-0.4, -0.2) is 28.7 Å². The van der Waals surface area contributed by atoms with Gasteiger partial charge in [0.15, 0.2) is 0 Å². The zero-order valence-corrected chi connectivity index (χ0v) is 14.3. The molecule has 0 spiro atoms. The number of rotatable bonds is 5. The fourth-order valence-corrected chi connectivity index (χ4v) is 3.12. The van der Waals surface area contributed by atoms with Gasteiger partial charge in [0.2, 0.25) is 0 Å². The van der Waals surface area contributed by atoms with Crippen molar-refractivity contribution in [2.24, 2.45) is 11.7 Å². The zero-order chi connectivity index (χ0) is 15.2. The van der Waals surface area contributed by atoms with E-state index in [4.69, 9.17) is 5.73 Å². The van der Waals surface area contributed by atoms with Crippen molar-refractivity contribution in [1.29, 1.82) is 0 Å². The molecule has 22 heavy (non-hydrogen) atoms. The Morgan fingerprint density at radius 1 is 1.36 bits per heavy atom. The van der Waals surface area contributed by atoms with E-state index in [0.29, 0.717) is 24.4 Å². The monoisotopic (exact) mass is 326 g/mol. The van der Waals surface area contributed by atoms with Crippen LogP contribution in [0.4, 0.5) is 0 Å². The van der Waals surface area contributed by atoms with Gasteiger partial charge in [-0.3, -0.25) is 4.79 Å². The second-order valence-corrected chi connectivity index (χ2v) is 5.91. The van der Waals surface area contributed by atoms with Crippen molar-refractivity contribution in [3.63, 3.8) is 0 Å². The van der Waals surface area contributed by atoms with Crippen molar-refractivity contribution in [2.75, 3.05) is 6.54 Å². The van der Waals surface area contributed by atoms with Crippen molar-refractivity contribution >= 4 is 18.3 Å². The Kier molecular flexibility index (Phi) is 7.76. The Morgan fingerprint density at radius 2 is 2.05 bits per heavy atom. The number of nitrogens with one attached hydrogen (secondary N) is 1. The van der Waals surface area contributed by atoms with Gasteiger partial charge >= 0.3 is 0 Å². The molecule has 1 aromatic heterocycles. The number of aryl methyl sites for hydroxylation is 2. The number of amides is 1. The third kappa shape index (κ3) is 4.65. The smallest absolute Gasteiger partial charge is 0.253 e. The van der Waals surface area contributed by atoms with Gasteiger partial charge in [-0.05, 0) is 38.2 Å². The van der Waals surface area contributed by atoms with Gasteiger partial charge in [0.25, 0.3) is 5.91 Å². The lowest BCUT2D eigenvalue weighted by molar-refractivity contribution is 0.0913. The molecule has 0 bridgehead atoms.